The highest BCUT2D eigenvalue weighted by molar-refractivity contribution is 6.74. The molecular weight excluding hydrogens is 360 g/mol. The van der Waals surface area contributed by atoms with Crippen molar-refractivity contribution in [3.63, 3.8) is 0 Å². The van der Waals surface area contributed by atoms with Crippen LogP contribution in [0.1, 0.15) is 79.6 Å². The molecule has 1 fully saturated rings. The lowest BCUT2D eigenvalue weighted by atomic mass is 10.1. The molecule has 0 bridgehead atoms. The molecule has 0 aromatic carbocycles. The first kappa shape index (κ1) is 24.6. The lowest BCUT2D eigenvalue weighted by molar-refractivity contribution is -0.179. The summed E-state index contributed by atoms with van der Waals surface area (Å²) in [6.07, 6.45) is 6.90. The van der Waals surface area contributed by atoms with Gasteiger partial charge in [-0.25, -0.2) is 4.79 Å². The molecule has 5 nitrogen and oxygen atoms in total. The number of hydrogen-bond donors (Lipinski definition) is 0. The van der Waals surface area contributed by atoms with Crippen molar-refractivity contribution in [2.24, 2.45) is 0 Å². The van der Waals surface area contributed by atoms with E-state index in [0.717, 1.165) is 19.3 Å². The van der Waals surface area contributed by atoms with E-state index in [4.69, 9.17) is 18.6 Å². The molecule has 1 heterocycles. The van der Waals surface area contributed by atoms with Gasteiger partial charge in [-0.2, -0.15) is 0 Å². The highest BCUT2D eigenvalue weighted by Crippen LogP contribution is 2.38. The summed E-state index contributed by atoms with van der Waals surface area (Å²) in [6.45, 7) is 15.5. The number of carbonyl (C=O) groups is 1. The largest absolute Gasteiger partial charge is 0.467 e. The van der Waals surface area contributed by atoms with Crippen molar-refractivity contribution in [3.05, 3.63) is 0 Å². The highest BCUT2D eigenvalue weighted by atomic mass is 28.4. The third kappa shape index (κ3) is 7.48. The predicted octanol–water partition coefficient (Wildman–Crippen LogP) is 5.43. The van der Waals surface area contributed by atoms with Crippen LogP contribution in [0.5, 0.6) is 0 Å². The molecule has 27 heavy (non-hydrogen) atoms. The second kappa shape index (κ2) is 10.4. The molecule has 0 aromatic rings. The standard InChI is InChI=1S/C21H42O5Si/c1-9-10-11-12-13-14-15-21(5)25-17(18(26-21)19(22)23-6)16-24-27(7,8)20(2,3)4/h17-18H,9-16H2,1-8H3. The third-order valence-corrected chi connectivity index (χ3v) is 10.4. The molecule has 1 saturated heterocycles. The SMILES string of the molecule is CCCCCCCCC1(C)OC(CO[Si](C)(C)C(C)(C)C)C(C(=O)OC)O1. The average Bonchev–Trinajstić information content (AvgIpc) is 2.92. The Kier molecular flexibility index (Phi) is 9.45. The second-order valence-electron chi connectivity index (χ2n) is 9.44. The number of carbonyl (C=O) groups excluding carboxylic acids is 1. The monoisotopic (exact) mass is 402 g/mol. The number of methoxy groups -OCH3 is 1. The number of hydrogen-bond acceptors (Lipinski definition) is 5. The molecule has 0 radical (unpaired) electrons. The van der Waals surface area contributed by atoms with Gasteiger partial charge in [-0.3, -0.25) is 0 Å². The van der Waals surface area contributed by atoms with E-state index in [1.165, 1.54) is 32.8 Å². The number of esters is 1. The molecule has 6 heteroatoms. The molecule has 0 amide bonds. The summed E-state index contributed by atoms with van der Waals surface area (Å²) in [5, 5.41) is 0.106. The Labute approximate surface area is 167 Å². The fraction of sp³-hybridized carbons (Fsp3) is 0.952. The van der Waals surface area contributed by atoms with Gasteiger partial charge in [0, 0.05) is 6.42 Å². The van der Waals surface area contributed by atoms with Crippen molar-refractivity contribution >= 4 is 14.3 Å². The van der Waals surface area contributed by atoms with Crippen molar-refractivity contribution in [2.45, 2.75) is 116 Å². The van der Waals surface area contributed by atoms with Crippen LogP contribution >= 0.6 is 0 Å². The van der Waals surface area contributed by atoms with Gasteiger partial charge in [-0.05, 0) is 31.5 Å². The molecule has 3 atom stereocenters. The smallest absolute Gasteiger partial charge is 0.337 e. The molecular formula is C21H42O5Si. The molecule has 1 aliphatic heterocycles. The lowest BCUT2D eigenvalue weighted by Gasteiger charge is -2.37. The van der Waals surface area contributed by atoms with Gasteiger partial charge in [0.1, 0.15) is 6.10 Å². The second-order valence-corrected chi connectivity index (χ2v) is 14.3. The predicted molar refractivity (Wildman–Crippen MR) is 111 cm³/mol. The van der Waals surface area contributed by atoms with Crippen LogP contribution in [0.15, 0.2) is 0 Å². The molecule has 0 saturated carbocycles. The lowest BCUT2D eigenvalue weighted by Crippen LogP contribution is -2.45. The van der Waals surface area contributed by atoms with Gasteiger partial charge < -0.3 is 18.6 Å². The van der Waals surface area contributed by atoms with Crippen LogP contribution in [0.3, 0.4) is 0 Å². The van der Waals surface area contributed by atoms with E-state index in [9.17, 15) is 4.79 Å². The van der Waals surface area contributed by atoms with Crippen LogP contribution in [0.4, 0.5) is 0 Å². The van der Waals surface area contributed by atoms with Gasteiger partial charge in [-0.15, -0.1) is 0 Å². The third-order valence-electron chi connectivity index (χ3n) is 5.95. The summed E-state index contributed by atoms with van der Waals surface area (Å²) in [5.74, 6) is -1.13. The molecule has 0 aliphatic carbocycles. The Morgan fingerprint density at radius 3 is 2.22 bits per heavy atom. The maximum absolute atomic E-state index is 12.2. The van der Waals surface area contributed by atoms with Crippen molar-refractivity contribution in [1.82, 2.24) is 0 Å². The zero-order chi connectivity index (χ0) is 20.7. The van der Waals surface area contributed by atoms with Crippen LogP contribution in [0.2, 0.25) is 18.1 Å². The molecule has 0 N–H and O–H groups in total. The first-order valence-corrected chi connectivity index (χ1v) is 13.4. The van der Waals surface area contributed by atoms with E-state index < -0.39 is 26.3 Å². The Hall–Kier alpha value is -0.433. The summed E-state index contributed by atoms with van der Waals surface area (Å²) >= 11 is 0. The Bertz CT molecular complexity index is 460. The fourth-order valence-electron chi connectivity index (χ4n) is 3.04. The maximum Gasteiger partial charge on any atom is 0.337 e. The molecule has 0 spiro atoms. The van der Waals surface area contributed by atoms with E-state index >= 15 is 0 Å². The quantitative estimate of drug-likeness (QED) is 0.262. The first-order valence-electron chi connectivity index (χ1n) is 10.5. The minimum Gasteiger partial charge on any atom is -0.467 e. The minimum absolute atomic E-state index is 0.106. The normalized spacial score (nSPS) is 26.4. The first-order chi connectivity index (χ1) is 12.5. The van der Waals surface area contributed by atoms with E-state index in [1.54, 1.807) is 0 Å². The Morgan fingerprint density at radius 2 is 1.67 bits per heavy atom. The average molecular weight is 403 g/mol. The zero-order valence-corrected chi connectivity index (χ0v) is 19.9. The number of rotatable bonds is 11. The summed E-state index contributed by atoms with van der Waals surface area (Å²) in [5.41, 5.74) is 0. The van der Waals surface area contributed by atoms with Gasteiger partial charge in [-0.1, -0.05) is 59.8 Å². The summed E-state index contributed by atoms with van der Waals surface area (Å²) < 4.78 is 23.5. The van der Waals surface area contributed by atoms with Crippen molar-refractivity contribution in [1.29, 1.82) is 0 Å². The van der Waals surface area contributed by atoms with E-state index in [1.807, 2.05) is 6.92 Å². The van der Waals surface area contributed by atoms with Crippen molar-refractivity contribution < 1.29 is 23.4 Å². The molecule has 0 aromatic heterocycles. The van der Waals surface area contributed by atoms with Gasteiger partial charge in [0.15, 0.2) is 20.2 Å². The topological polar surface area (TPSA) is 54.0 Å². The van der Waals surface area contributed by atoms with Gasteiger partial charge in [0.2, 0.25) is 0 Å². The van der Waals surface area contributed by atoms with E-state index in [0.29, 0.717) is 6.61 Å². The minimum atomic E-state index is -1.93. The van der Waals surface area contributed by atoms with Crippen LogP contribution in [0, 0.1) is 0 Å². The number of unbranched alkanes of at least 4 members (excludes halogenated alkanes) is 5. The van der Waals surface area contributed by atoms with E-state index in [2.05, 4.69) is 40.8 Å². The summed E-state index contributed by atoms with van der Waals surface area (Å²) in [7, 11) is -0.535. The van der Waals surface area contributed by atoms with E-state index in [-0.39, 0.29) is 11.0 Å². The Balaban J connectivity index is 2.63. The highest BCUT2D eigenvalue weighted by Gasteiger charge is 2.49. The van der Waals surface area contributed by atoms with Crippen molar-refractivity contribution in [2.75, 3.05) is 13.7 Å². The molecule has 1 rings (SSSR count). The fourth-order valence-corrected chi connectivity index (χ4v) is 4.06. The molecule has 160 valence electrons. The number of ether oxygens (including phenoxy) is 3. The molecule has 1 aliphatic rings. The van der Waals surface area contributed by atoms with Gasteiger partial charge >= 0.3 is 5.97 Å². The van der Waals surface area contributed by atoms with Crippen molar-refractivity contribution in [3.8, 4) is 0 Å². The van der Waals surface area contributed by atoms with Gasteiger partial charge in [0.25, 0.3) is 0 Å². The van der Waals surface area contributed by atoms with Crippen LogP contribution in [-0.4, -0.2) is 46.0 Å². The molecule has 3 unspecified atom stereocenters. The summed E-state index contributed by atoms with van der Waals surface area (Å²) in [4.78, 5) is 12.2. The van der Waals surface area contributed by atoms with Crippen LogP contribution < -0.4 is 0 Å². The Morgan fingerprint density at radius 1 is 1.07 bits per heavy atom. The zero-order valence-electron chi connectivity index (χ0n) is 18.9. The van der Waals surface area contributed by atoms with Crippen LogP contribution in [0.25, 0.3) is 0 Å². The summed E-state index contributed by atoms with van der Waals surface area (Å²) in [6, 6.07) is 0. The maximum atomic E-state index is 12.2. The van der Waals surface area contributed by atoms with Crippen LogP contribution in [-0.2, 0) is 23.4 Å². The van der Waals surface area contributed by atoms with Gasteiger partial charge in [0.05, 0.1) is 13.7 Å².